The van der Waals surface area contributed by atoms with Crippen molar-refractivity contribution in [3.05, 3.63) is 46.5 Å². The number of cyclic esters (lactones) is 1. The molecule has 2 atom stereocenters. The quantitative estimate of drug-likeness (QED) is 0.707. The van der Waals surface area contributed by atoms with Crippen LogP contribution in [0, 0.1) is 0 Å². The van der Waals surface area contributed by atoms with E-state index < -0.39 is 12.1 Å². The summed E-state index contributed by atoms with van der Waals surface area (Å²) in [4.78, 5) is 15.0. The third-order valence-electron chi connectivity index (χ3n) is 5.77. The molecule has 2 aromatic carbocycles. The van der Waals surface area contributed by atoms with Gasteiger partial charge in [0.2, 0.25) is 6.79 Å². The Morgan fingerprint density at radius 3 is 2.55 bits per heavy atom. The fraction of sp³-hybridized carbons (Fsp3) is 0.381. The first-order chi connectivity index (χ1) is 13.6. The molecule has 7 nitrogen and oxygen atoms in total. The second kappa shape index (κ2) is 7.31. The van der Waals surface area contributed by atoms with E-state index in [4.69, 9.17) is 23.7 Å². The first-order valence-corrected chi connectivity index (χ1v) is 9.21. The number of hydrogen-bond donors (Lipinski definition) is 0. The minimum absolute atomic E-state index is 0. The molecule has 0 aliphatic carbocycles. The zero-order valence-electron chi connectivity index (χ0n) is 16.4. The van der Waals surface area contributed by atoms with E-state index in [0.29, 0.717) is 17.1 Å². The van der Waals surface area contributed by atoms with Crippen LogP contribution in [0.25, 0.3) is 0 Å². The van der Waals surface area contributed by atoms with Crippen LogP contribution in [0.4, 0.5) is 0 Å². The van der Waals surface area contributed by atoms with Crippen molar-refractivity contribution in [3.63, 3.8) is 0 Å². The third kappa shape index (κ3) is 2.88. The molecule has 0 saturated heterocycles. The second-order valence-electron chi connectivity index (χ2n) is 7.17. The van der Waals surface area contributed by atoms with Crippen molar-refractivity contribution in [2.75, 3.05) is 34.6 Å². The zero-order chi connectivity index (χ0) is 19.4. The Morgan fingerprint density at radius 1 is 1.07 bits per heavy atom. The van der Waals surface area contributed by atoms with Gasteiger partial charge in [-0.2, -0.15) is 0 Å². The Kier molecular flexibility index (Phi) is 4.96. The van der Waals surface area contributed by atoms with E-state index in [2.05, 4.69) is 4.90 Å². The number of hydrogen-bond acceptors (Lipinski definition) is 7. The van der Waals surface area contributed by atoms with Crippen LogP contribution in [0.1, 0.15) is 39.2 Å². The normalized spacial score (nSPS) is 21.7. The lowest BCUT2D eigenvalue weighted by atomic mass is 9.86. The molecule has 154 valence electrons. The number of carbonyl (C=O) groups excluding carboxylic acids is 1. The van der Waals surface area contributed by atoms with Crippen molar-refractivity contribution in [3.8, 4) is 23.0 Å². The van der Waals surface area contributed by atoms with Crippen LogP contribution in [0.5, 0.6) is 23.0 Å². The fourth-order valence-electron chi connectivity index (χ4n) is 4.42. The minimum Gasteiger partial charge on any atom is -0.493 e. The van der Waals surface area contributed by atoms with E-state index in [0.717, 1.165) is 35.6 Å². The van der Waals surface area contributed by atoms with Crippen LogP contribution in [0.15, 0.2) is 24.3 Å². The van der Waals surface area contributed by atoms with Gasteiger partial charge in [0.1, 0.15) is 11.7 Å². The maximum atomic E-state index is 12.8. The molecular weight excluding hydrogens is 398 g/mol. The molecule has 0 amide bonds. The summed E-state index contributed by atoms with van der Waals surface area (Å²) in [6, 6.07) is 7.65. The number of halogens is 1. The Hall–Kier alpha value is -2.64. The maximum absolute atomic E-state index is 12.8. The number of carbonyl (C=O) groups is 1. The molecule has 0 radical (unpaired) electrons. The number of benzene rings is 2. The molecule has 0 aromatic heterocycles. The van der Waals surface area contributed by atoms with Crippen molar-refractivity contribution in [1.82, 2.24) is 4.90 Å². The average Bonchev–Trinajstić information content (AvgIpc) is 3.29. The molecule has 3 heterocycles. The maximum Gasteiger partial charge on any atom is 0.343 e. The van der Waals surface area contributed by atoms with Crippen molar-refractivity contribution in [2.24, 2.45) is 0 Å². The fourth-order valence-corrected chi connectivity index (χ4v) is 4.42. The number of ether oxygens (including phenoxy) is 5. The third-order valence-corrected chi connectivity index (χ3v) is 5.77. The average molecular weight is 420 g/mol. The van der Waals surface area contributed by atoms with Crippen molar-refractivity contribution in [2.45, 2.75) is 18.6 Å². The summed E-state index contributed by atoms with van der Waals surface area (Å²) < 4.78 is 27.8. The molecule has 3 aliphatic heterocycles. The highest BCUT2D eigenvalue weighted by Crippen LogP contribution is 2.50. The van der Waals surface area contributed by atoms with E-state index >= 15 is 0 Å². The Balaban J connectivity index is 0.00000205. The summed E-state index contributed by atoms with van der Waals surface area (Å²) in [5, 5.41) is 0. The number of likely N-dealkylation sites (N-methyl/N-ethyl adjacent to an activating group) is 1. The highest BCUT2D eigenvalue weighted by atomic mass is 35.5. The number of nitrogens with zero attached hydrogens (tertiary/aromatic N) is 1. The van der Waals surface area contributed by atoms with Gasteiger partial charge in [0.25, 0.3) is 0 Å². The molecule has 0 unspecified atom stereocenters. The summed E-state index contributed by atoms with van der Waals surface area (Å²) in [6.45, 7) is 1.09. The number of esters is 1. The second-order valence-corrected chi connectivity index (χ2v) is 7.17. The predicted octanol–water partition coefficient (Wildman–Crippen LogP) is 3.30. The molecule has 0 fully saturated rings. The van der Waals surface area contributed by atoms with Gasteiger partial charge >= 0.3 is 5.97 Å². The Morgan fingerprint density at radius 2 is 1.83 bits per heavy atom. The molecule has 0 spiro atoms. The highest BCUT2D eigenvalue weighted by Gasteiger charge is 2.44. The van der Waals surface area contributed by atoms with Crippen molar-refractivity contribution >= 4 is 18.4 Å². The van der Waals surface area contributed by atoms with E-state index in [1.165, 1.54) is 12.7 Å². The SMILES string of the molecule is COc1ccc2c(c1OC)C(=O)O[C@H]2[C@@H]1c2cc3c(cc2CCN1C)OCO3.Cl. The molecule has 0 N–H and O–H groups in total. The van der Waals surface area contributed by atoms with Gasteiger partial charge in [-0.1, -0.05) is 6.07 Å². The van der Waals surface area contributed by atoms with Crippen LogP contribution < -0.4 is 18.9 Å². The standard InChI is InChI=1S/C21H21NO6.ClH/c1-22-7-6-11-8-15-16(27-10-26-15)9-13(11)18(22)19-12-4-5-14(24-2)20(25-3)17(12)21(23)28-19;/h4-5,8-9,18-19H,6-7,10H2,1-3H3;1H/t18-,19+;/m0./s1. The number of rotatable bonds is 3. The van der Waals surface area contributed by atoms with Crippen LogP contribution in [-0.2, 0) is 11.2 Å². The minimum atomic E-state index is -0.438. The van der Waals surface area contributed by atoms with E-state index in [-0.39, 0.29) is 25.2 Å². The molecule has 0 saturated carbocycles. The molecule has 2 aromatic rings. The summed E-state index contributed by atoms with van der Waals surface area (Å²) >= 11 is 0. The summed E-state index contributed by atoms with van der Waals surface area (Å²) in [5.74, 6) is 2.04. The van der Waals surface area contributed by atoms with E-state index in [1.54, 1.807) is 7.11 Å². The largest absolute Gasteiger partial charge is 0.493 e. The van der Waals surface area contributed by atoms with Gasteiger partial charge in [0.05, 0.1) is 20.3 Å². The molecule has 8 heteroatoms. The van der Waals surface area contributed by atoms with Gasteiger partial charge in [-0.3, -0.25) is 4.90 Å². The van der Waals surface area contributed by atoms with Gasteiger partial charge in [0.15, 0.2) is 23.0 Å². The van der Waals surface area contributed by atoms with E-state index in [1.807, 2.05) is 31.3 Å². The van der Waals surface area contributed by atoms with Crippen LogP contribution >= 0.6 is 12.4 Å². The van der Waals surface area contributed by atoms with Crippen LogP contribution in [-0.4, -0.2) is 45.5 Å². The van der Waals surface area contributed by atoms with Crippen molar-refractivity contribution in [1.29, 1.82) is 0 Å². The van der Waals surface area contributed by atoms with Gasteiger partial charge < -0.3 is 23.7 Å². The lowest BCUT2D eigenvalue weighted by Gasteiger charge is -2.37. The predicted molar refractivity (Wildman–Crippen MR) is 107 cm³/mol. The first kappa shape index (κ1) is 19.7. The van der Waals surface area contributed by atoms with Crippen LogP contribution in [0.2, 0.25) is 0 Å². The molecule has 0 bridgehead atoms. The van der Waals surface area contributed by atoms with Crippen molar-refractivity contribution < 1.29 is 28.5 Å². The van der Waals surface area contributed by atoms with Gasteiger partial charge in [-0.25, -0.2) is 4.79 Å². The summed E-state index contributed by atoms with van der Waals surface area (Å²) in [7, 11) is 5.13. The zero-order valence-corrected chi connectivity index (χ0v) is 17.2. The first-order valence-electron chi connectivity index (χ1n) is 9.21. The van der Waals surface area contributed by atoms with E-state index in [9.17, 15) is 4.79 Å². The molecule has 5 rings (SSSR count). The monoisotopic (exact) mass is 419 g/mol. The van der Waals surface area contributed by atoms with Gasteiger partial charge in [-0.05, 0) is 42.8 Å². The van der Waals surface area contributed by atoms with Gasteiger partial charge in [0, 0.05) is 12.1 Å². The number of fused-ring (bicyclic) bond motifs is 3. The molecule has 29 heavy (non-hydrogen) atoms. The Labute approximate surface area is 174 Å². The smallest absolute Gasteiger partial charge is 0.343 e. The number of methoxy groups -OCH3 is 2. The topological polar surface area (TPSA) is 66.5 Å². The Bertz CT molecular complexity index is 978. The molecular formula is C21H22ClNO6. The highest BCUT2D eigenvalue weighted by molar-refractivity contribution is 5.98. The lowest BCUT2D eigenvalue weighted by molar-refractivity contribution is 0.00935. The summed E-state index contributed by atoms with van der Waals surface area (Å²) in [5.41, 5.74) is 3.54. The van der Waals surface area contributed by atoms with Crippen LogP contribution in [0.3, 0.4) is 0 Å². The summed E-state index contributed by atoms with van der Waals surface area (Å²) in [6.07, 6.45) is 0.463. The van der Waals surface area contributed by atoms with Gasteiger partial charge in [-0.15, -0.1) is 12.4 Å². The lowest BCUT2D eigenvalue weighted by Crippen LogP contribution is -2.36. The molecule has 3 aliphatic rings.